The summed E-state index contributed by atoms with van der Waals surface area (Å²) in [5.41, 5.74) is 4.68. The minimum atomic E-state index is -0.515. The minimum absolute atomic E-state index is 0.241. The van der Waals surface area contributed by atoms with Crippen LogP contribution in [0, 0.1) is 0 Å². The number of carbonyl (C=O) groups excluding carboxylic acids is 1. The summed E-state index contributed by atoms with van der Waals surface area (Å²) in [6.07, 6.45) is 4.70. The Morgan fingerprint density at radius 3 is 2.61 bits per heavy atom. The maximum atomic E-state index is 12.8. The fourth-order valence-electron chi connectivity index (χ4n) is 3.35. The number of hydrazone groups is 1. The molecule has 0 radical (unpaired) electrons. The zero-order valence-corrected chi connectivity index (χ0v) is 17.3. The van der Waals surface area contributed by atoms with Crippen LogP contribution < -0.4 is 11.1 Å². The number of nitrogens with one attached hydrogen (secondary N) is 1. The lowest BCUT2D eigenvalue weighted by atomic mass is 10.1. The number of carbonyl (C=O) groups is 1. The van der Waals surface area contributed by atoms with Crippen LogP contribution in [0.25, 0.3) is 27.9 Å². The lowest BCUT2D eigenvalue weighted by molar-refractivity contribution is 0.0950. The molecule has 1 N–H and O–H groups in total. The Labute approximate surface area is 187 Å². The Bertz CT molecular complexity index is 1520. The van der Waals surface area contributed by atoms with E-state index >= 15 is 0 Å². The topological polar surface area (TPSA) is 102 Å². The Balaban J connectivity index is 1.55. The van der Waals surface area contributed by atoms with E-state index in [-0.39, 0.29) is 5.69 Å². The Hall–Kier alpha value is -4.85. The van der Waals surface area contributed by atoms with E-state index in [1.807, 2.05) is 42.5 Å². The van der Waals surface area contributed by atoms with Crippen molar-refractivity contribution in [1.82, 2.24) is 20.2 Å². The first-order chi connectivity index (χ1) is 16.2. The highest BCUT2D eigenvalue weighted by atomic mass is 16.4. The van der Waals surface area contributed by atoms with Crippen LogP contribution in [0.3, 0.4) is 0 Å². The summed E-state index contributed by atoms with van der Waals surface area (Å²) in [4.78, 5) is 29.0. The molecular weight excluding hydrogens is 418 g/mol. The van der Waals surface area contributed by atoms with E-state index in [1.54, 1.807) is 47.3 Å². The summed E-state index contributed by atoms with van der Waals surface area (Å²) in [7, 11) is 0. The zero-order chi connectivity index (χ0) is 22.6. The van der Waals surface area contributed by atoms with Gasteiger partial charge in [-0.2, -0.15) is 10.2 Å². The quantitative estimate of drug-likeness (QED) is 0.257. The van der Waals surface area contributed by atoms with Gasteiger partial charge >= 0.3 is 5.63 Å². The lowest BCUT2D eigenvalue weighted by Crippen LogP contribution is -2.18. The maximum Gasteiger partial charge on any atom is 0.345 e. The van der Waals surface area contributed by atoms with Gasteiger partial charge in [-0.3, -0.25) is 9.78 Å². The van der Waals surface area contributed by atoms with Crippen molar-refractivity contribution >= 4 is 23.1 Å². The van der Waals surface area contributed by atoms with E-state index in [4.69, 9.17) is 4.42 Å². The van der Waals surface area contributed by atoms with Crippen molar-refractivity contribution in [2.24, 2.45) is 5.10 Å². The predicted octanol–water partition coefficient (Wildman–Crippen LogP) is 3.80. The number of hydrogen-bond acceptors (Lipinski definition) is 6. The number of hydrogen-bond donors (Lipinski definition) is 1. The second-order valence-corrected chi connectivity index (χ2v) is 7.11. The smallest absolute Gasteiger partial charge is 0.345 e. The monoisotopic (exact) mass is 435 g/mol. The molecule has 2 aromatic carbocycles. The molecule has 0 aliphatic rings. The second kappa shape index (κ2) is 8.72. The summed E-state index contributed by atoms with van der Waals surface area (Å²) < 4.78 is 7.14. The van der Waals surface area contributed by atoms with Crippen molar-refractivity contribution in [3.63, 3.8) is 0 Å². The highest BCUT2D eigenvalue weighted by Gasteiger charge is 2.16. The number of aromatic nitrogens is 3. The molecule has 0 unspecified atom stereocenters. The van der Waals surface area contributed by atoms with E-state index in [2.05, 4.69) is 20.6 Å². The third-order valence-electron chi connectivity index (χ3n) is 4.93. The third-order valence-corrected chi connectivity index (χ3v) is 4.93. The predicted molar refractivity (Wildman–Crippen MR) is 124 cm³/mol. The van der Waals surface area contributed by atoms with Crippen LogP contribution in [-0.4, -0.2) is 26.9 Å². The van der Waals surface area contributed by atoms with Gasteiger partial charge in [0.25, 0.3) is 5.91 Å². The van der Waals surface area contributed by atoms with E-state index in [1.165, 1.54) is 12.4 Å². The van der Waals surface area contributed by atoms with Crippen LogP contribution in [0.1, 0.15) is 16.1 Å². The molecule has 0 atom stereocenters. The molecule has 8 heteroatoms. The minimum Gasteiger partial charge on any atom is -0.422 e. The first-order valence-electron chi connectivity index (χ1n) is 10.1. The first-order valence-corrected chi connectivity index (χ1v) is 10.1. The molecule has 0 bridgehead atoms. The normalized spacial score (nSPS) is 11.2. The van der Waals surface area contributed by atoms with E-state index in [0.717, 1.165) is 11.1 Å². The number of fused-ring (bicyclic) bond motifs is 1. The van der Waals surface area contributed by atoms with Crippen LogP contribution in [0.15, 0.2) is 106 Å². The van der Waals surface area contributed by atoms with Crippen molar-refractivity contribution in [2.75, 3.05) is 0 Å². The van der Waals surface area contributed by atoms with Crippen LogP contribution in [0.5, 0.6) is 0 Å². The molecule has 0 aliphatic carbocycles. The summed E-state index contributed by atoms with van der Waals surface area (Å²) in [6, 6.07) is 23.5. The average Bonchev–Trinajstić information content (AvgIpc) is 3.28. The standard InChI is InChI=1S/C25H17N5O3/c31-24(21-11-6-7-13-26-21)28-27-15-18-16-30(19-9-2-1-3-10-19)29-23(18)20-14-17-8-4-5-12-22(17)33-25(20)32/h1-16H,(H,28,31)/b27-15+. The SMILES string of the molecule is O=C(N/N=C/c1cn(-c2ccccc2)nc1-c1cc2ccccc2oc1=O)c1ccccn1. The molecule has 0 saturated heterocycles. The van der Waals surface area contributed by atoms with Crippen LogP contribution in [0.4, 0.5) is 0 Å². The Kier molecular flexibility index (Phi) is 5.30. The highest BCUT2D eigenvalue weighted by Crippen LogP contribution is 2.23. The third kappa shape index (κ3) is 4.17. The van der Waals surface area contributed by atoms with Gasteiger partial charge in [-0.25, -0.2) is 14.9 Å². The zero-order valence-electron chi connectivity index (χ0n) is 17.3. The molecule has 0 saturated carbocycles. The molecule has 8 nitrogen and oxygen atoms in total. The number of pyridine rings is 1. The fraction of sp³-hybridized carbons (Fsp3) is 0. The molecule has 3 aromatic heterocycles. The molecule has 0 aliphatic heterocycles. The molecule has 3 heterocycles. The summed E-state index contributed by atoms with van der Waals surface area (Å²) in [6.45, 7) is 0. The van der Waals surface area contributed by atoms with Crippen LogP contribution in [-0.2, 0) is 0 Å². The molecule has 5 aromatic rings. The van der Waals surface area contributed by atoms with Crippen LogP contribution >= 0.6 is 0 Å². The van der Waals surface area contributed by atoms with Gasteiger partial charge in [-0.05, 0) is 36.4 Å². The molecule has 5 rings (SSSR count). The van der Waals surface area contributed by atoms with E-state index < -0.39 is 11.5 Å². The van der Waals surface area contributed by atoms with Gasteiger partial charge in [-0.15, -0.1) is 0 Å². The highest BCUT2D eigenvalue weighted by molar-refractivity contribution is 5.94. The number of rotatable bonds is 5. The van der Waals surface area contributed by atoms with E-state index in [9.17, 15) is 9.59 Å². The van der Waals surface area contributed by atoms with Gasteiger partial charge in [0, 0.05) is 23.3 Å². The molecule has 160 valence electrons. The van der Waals surface area contributed by atoms with Crippen molar-refractivity contribution < 1.29 is 9.21 Å². The van der Waals surface area contributed by atoms with Crippen LogP contribution in [0.2, 0.25) is 0 Å². The summed E-state index contributed by atoms with van der Waals surface area (Å²) in [5, 5.41) is 9.44. The number of nitrogens with zero attached hydrogens (tertiary/aromatic N) is 4. The number of benzene rings is 2. The van der Waals surface area contributed by atoms with Gasteiger partial charge in [0.2, 0.25) is 0 Å². The van der Waals surface area contributed by atoms with Crippen molar-refractivity contribution in [2.45, 2.75) is 0 Å². The Morgan fingerprint density at radius 1 is 1.00 bits per heavy atom. The molecule has 0 spiro atoms. The average molecular weight is 435 g/mol. The van der Waals surface area contributed by atoms with Gasteiger partial charge in [0.1, 0.15) is 17.0 Å². The summed E-state index contributed by atoms with van der Waals surface area (Å²) >= 11 is 0. The second-order valence-electron chi connectivity index (χ2n) is 7.11. The number of para-hydroxylation sites is 2. The molecule has 1 amide bonds. The van der Waals surface area contributed by atoms with Gasteiger partial charge in [0.05, 0.1) is 17.5 Å². The fourth-order valence-corrected chi connectivity index (χ4v) is 3.35. The largest absolute Gasteiger partial charge is 0.422 e. The molecule has 0 fully saturated rings. The molecule has 33 heavy (non-hydrogen) atoms. The van der Waals surface area contributed by atoms with Crippen molar-refractivity contribution in [1.29, 1.82) is 0 Å². The van der Waals surface area contributed by atoms with Gasteiger partial charge in [-0.1, -0.05) is 42.5 Å². The Morgan fingerprint density at radius 2 is 1.79 bits per heavy atom. The van der Waals surface area contributed by atoms with Crippen molar-refractivity contribution in [3.05, 3.63) is 113 Å². The molecular formula is C25H17N5O3. The first kappa shape index (κ1) is 20.1. The number of amides is 1. The van der Waals surface area contributed by atoms with Crippen molar-refractivity contribution in [3.8, 4) is 16.9 Å². The maximum absolute atomic E-state index is 12.8. The van der Waals surface area contributed by atoms with Gasteiger partial charge in [0.15, 0.2) is 0 Å². The lowest BCUT2D eigenvalue weighted by Gasteiger charge is -2.01. The summed E-state index contributed by atoms with van der Waals surface area (Å²) in [5.74, 6) is -0.450. The van der Waals surface area contributed by atoms with Gasteiger partial charge < -0.3 is 4.42 Å². The van der Waals surface area contributed by atoms with E-state index in [0.29, 0.717) is 22.4 Å².